The van der Waals surface area contributed by atoms with Crippen LogP contribution in [0, 0.1) is 6.92 Å². The van der Waals surface area contributed by atoms with E-state index >= 15 is 0 Å². The van der Waals surface area contributed by atoms with Gasteiger partial charge in [-0.15, -0.1) is 0 Å². The summed E-state index contributed by atoms with van der Waals surface area (Å²) in [6.45, 7) is 6.78. The van der Waals surface area contributed by atoms with E-state index < -0.39 is 0 Å². The molecule has 35 heavy (non-hydrogen) atoms. The van der Waals surface area contributed by atoms with E-state index in [4.69, 9.17) is 4.98 Å². The predicted molar refractivity (Wildman–Crippen MR) is 140 cm³/mol. The minimum atomic E-state index is -0.0903. The number of aromatic nitrogens is 2. The Morgan fingerprint density at radius 2 is 1.77 bits per heavy atom. The van der Waals surface area contributed by atoms with Gasteiger partial charge in [-0.25, -0.2) is 4.98 Å². The number of carbonyl (C=O) groups excluding carboxylic acids is 2. The molecule has 6 heteroatoms. The molecule has 1 unspecified atom stereocenters. The molecule has 0 N–H and O–H groups in total. The van der Waals surface area contributed by atoms with Gasteiger partial charge in [0, 0.05) is 36.3 Å². The lowest BCUT2D eigenvalue weighted by Gasteiger charge is -2.27. The number of amides is 2. The van der Waals surface area contributed by atoms with Gasteiger partial charge >= 0.3 is 0 Å². The van der Waals surface area contributed by atoms with Gasteiger partial charge in [-0.3, -0.25) is 9.59 Å². The third kappa shape index (κ3) is 4.44. The van der Waals surface area contributed by atoms with Gasteiger partial charge in [-0.05, 0) is 62.7 Å². The molecule has 1 aliphatic heterocycles. The van der Waals surface area contributed by atoms with Crippen molar-refractivity contribution in [3.8, 4) is 0 Å². The monoisotopic (exact) mass is 466 g/mol. The Hall–Kier alpha value is -3.93. The van der Waals surface area contributed by atoms with Crippen molar-refractivity contribution in [3.63, 3.8) is 0 Å². The first kappa shape index (κ1) is 22.8. The van der Waals surface area contributed by atoms with E-state index in [9.17, 15) is 9.59 Å². The molecular formula is C29H30N4O2. The first-order chi connectivity index (χ1) is 16.9. The number of nitrogens with zero attached hydrogens (tertiary/aromatic N) is 4. The SMILES string of the molecule is Cc1cccc(N2CC(c3nc4ccccc4n3CC(=O)N(c3ccccc3)C(C)C)CC2=O)c1. The van der Waals surface area contributed by atoms with Crippen molar-refractivity contribution in [2.45, 2.75) is 45.7 Å². The van der Waals surface area contributed by atoms with Gasteiger partial charge in [0.25, 0.3) is 0 Å². The van der Waals surface area contributed by atoms with E-state index in [0.717, 1.165) is 33.8 Å². The fourth-order valence-corrected chi connectivity index (χ4v) is 5.03. The zero-order valence-electron chi connectivity index (χ0n) is 20.4. The molecule has 1 atom stereocenters. The number of para-hydroxylation sites is 3. The lowest BCUT2D eigenvalue weighted by Crippen LogP contribution is -2.39. The second-order valence-electron chi connectivity index (χ2n) is 9.48. The number of anilines is 2. The van der Waals surface area contributed by atoms with Crippen LogP contribution in [0.2, 0.25) is 0 Å². The number of carbonyl (C=O) groups is 2. The summed E-state index contributed by atoms with van der Waals surface area (Å²) in [5.41, 5.74) is 4.65. The Balaban J connectivity index is 1.50. The molecule has 0 aliphatic carbocycles. The third-order valence-electron chi connectivity index (χ3n) is 6.60. The summed E-state index contributed by atoms with van der Waals surface area (Å²) in [7, 11) is 0. The second kappa shape index (κ2) is 9.37. The molecule has 1 aliphatic rings. The third-order valence-corrected chi connectivity index (χ3v) is 6.60. The smallest absolute Gasteiger partial charge is 0.247 e. The Morgan fingerprint density at radius 1 is 1.03 bits per heavy atom. The highest BCUT2D eigenvalue weighted by molar-refractivity contribution is 5.97. The van der Waals surface area contributed by atoms with Crippen LogP contribution in [0.4, 0.5) is 11.4 Å². The average molecular weight is 467 g/mol. The Labute approximate surface area is 205 Å². The number of imidazole rings is 1. The number of hydrogen-bond acceptors (Lipinski definition) is 3. The fourth-order valence-electron chi connectivity index (χ4n) is 5.03. The van der Waals surface area contributed by atoms with Crippen LogP contribution >= 0.6 is 0 Å². The zero-order chi connectivity index (χ0) is 24.5. The van der Waals surface area contributed by atoms with Gasteiger partial charge in [0.05, 0.1) is 11.0 Å². The second-order valence-corrected chi connectivity index (χ2v) is 9.48. The zero-order valence-corrected chi connectivity index (χ0v) is 20.4. The molecule has 1 fully saturated rings. The van der Waals surface area contributed by atoms with Crippen molar-refractivity contribution in [1.29, 1.82) is 0 Å². The predicted octanol–water partition coefficient (Wildman–Crippen LogP) is 5.31. The molecule has 0 saturated carbocycles. The molecule has 3 aromatic carbocycles. The number of fused-ring (bicyclic) bond motifs is 1. The van der Waals surface area contributed by atoms with Crippen molar-refractivity contribution >= 4 is 34.2 Å². The van der Waals surface area contributed by atoms with Crippen LogP contribution in [-0.4, -0.2) is 34.0 Å². The van der Waals surface area contributed by atoms with Gasteiger partial charge in [0.15, 0.2) is 0 Å². The van der Waals surface area contributed by atoms with Crippen LogP contribution in [0.15, 0.2) is 78.9 Å². The Kier molecular flexibility index (Phi) is 6.12. The van der Waals surface area contributed by atoms with Crippen LogP contribution in [0.1, 0.15) is 37.6 Å². The number of benzene rings is 3. The summed E-state index contributed by atoms with van der Waals surface area (Å²) in [6.07, 6.45) is 0.373. The van der Waals surface area contributed by atoms with Gasteiger partial charge in [-0.2, -0.15) is 0 Å². The summed E-state index contributed by atoms with van der Waals surface area (Å²) < 4.78 is 2.01. The molecule has 0 radical (unpaired) electrons. The first-order valence-electron chi connectivity index (χ1n) is 12.1. The number of rotatable bonds is 6. The molecule has 178 valence electrons. The Bertz CT molecular complexity index is 1380. The van der Waals surface area contributed by atoms with Crippen LogP contribution in [0.3, 0.4) is 0 Å². The van der Waals surface area contributed by atoms with Crippen molar-refractivity contribution in [1.82, 2.24) is 9.55 Å². The maximum atomic E-state index is 13.7. The minimum absolute atomic E-state index is 0.00420. The van der Waals surface area contributed by atoms with E-state index in [2.05, 4.69) is 0 Å². The molecule has 1 aromatic heterocycles. The van der Waals surface area contributed by atoms with Gasteiger partial charge in [0.2, 0.25) is 11.8 Å². The van der Waals surface area contributed by atoms with Gasteiger partial charge in [-0.1, -0.05) is 42.5 Å². The topological polar surface area (TPSA) is 58.4 Å². The van der Waals surface area contributed by atoms with E-state index in [1.807, 2.05) is 114 Å². The highest BCUT2D eigenvalue weighted by Crippen LogP contribution is 2.33. The number of aryl methyl sites for hydroxylation is 1. The molecule has 4 aromatic rings. The molecule has 2 amide bonds. The van der Waals surface area contributed by atoms with Crippen molar-refractivity contribution in [2.24, 2.45) is 0 Å². The molecule has 0 bridgehead atoms. The molecule has 5 rings (SSSR count). The maximum Gasteiger partial charge on any atom is 0.247 e. The summed E-state index contributed by atoms with van der Waals surface area (Å²) in [6, 6.07) is 25.7. The van der Waals surface area contributed by atoms with E-state index in [0.29, 0.717) is 13.0 Å². The lowest BCUT2D eigenvalue weighted by molar-refractivity contribution is -0.119. The summed E-state index contributed by atoms with van der Waals surface area (Å²) >= 11 is 0. The van der Waals surface area contributed by atoms with Gasteiger partial charge < -0.3 is 14.4 Å². The highest BCUT2D eigenvalue weighted by atomic mass is 16.2. The van der Waals surface area contributed by atoms with Crippen molar-refractivity contribution in [2.75, 3.05) is 16.3 Å². The largest absolute Gasteiger partial charge is 0.318 e. The van der Waals surface area contributed by atoms with Crippen molar-refractivity contribution in [3.05, 3.63) is 90.3 Å². The average Bonchev–Trinajstić information content (AvgIpc) is 3.40. The molecule has 6 nitrogen and oxygen atoms in total. The number of hydrogen-bond donors (Lipinski definition) is 0. The lowest BCUT2D eigenvalue weighted by atomic mass is 10.1. The summed E-state index contributed by atoms with van der Waals surface area (Å²) in [5.74, 6) is 0.779. The standard InChI is InChI=1S/C29H30N4O2/c1-20(2)33(23-11-5-4-6-12-23)28(35)19-32-26-15-8-7-14-25(26)30-29(32)22-17-27(34)31(18-22)24-13-9-10-21(3)16-24/h4-16,20,22H,17-19H2,1-3H3. The summed E-state index contributed by atoms with van der Waals surface area (Å²) in [5, 5.41) is 0. The minimum Gasteiger partial charge on any atom is -0.318 e. The fraction of sp³-hybridized carbons (Fsp3) is 0.276. The first-order valence-corrected chi connectivity index (χ1v) is 12.1. The van der Waals surface area contributed by atoms with Gasteiger partial charge in [0.1, 0.15) is 12.4 Å². The normalized spacial score (nSPS) is 15.8. The van der Waals surface area contributed by atoms with Crippen LogP contribution in [0.25, 0.3) is 11.0 Å². The highest BCUT2D eigenvalue weighted by Gasteiger charge is 2.35. The van der Waals surface area contributed by atoms with Crippen LogP contribution in [-0.2, 0) is 16.1 Å². The van der Waals surface area contributed by atoms with E-state index in [-0.39, 0.29) is 30.3 Å². The molecule has 2 heterocycles. The maximum absolute atomic E-state index is 13.7. The van der Waals surface area contributed by atoms with E-state index in [1.165, 1.54) is 0 Å². The molecule has 1 saturated heterocycles. The quantitative estimate of drug-likeness (QED) is 0.387. The van der Waals surface area contributed by atoms with Crippen LogP contribution in [0.5, 0.6) is 0 Å². The van der Waals surface area contributed by atoms with Crippen LogP contribution < -0.4 is 9.80 Å². The molecular weight excluding hydrogens is 436 g/mol. The van der Waals surface area contributed by atoms with E-state index in [1.54, 1.807) is 0 Å². The summed E-state index contributed by atoms with van der Waals surface area (Å²) in [4.78, 5) is 35.3. The van der Waals surface area contributed by atoms with Crippen molar-refractivity contribution < 1.29 is 9.59 Å². The molecule has 0 spiro atoms. The Morgan fingerprint density at radius 3 is 2.51 bits per heavy atom.